The molecule has 2 N–H and O–H groups in total. The van der Waals surface area contributed by atoms with Crippen LogP contribution >= 0.6 is 0 Å². The van der Waals surface area contributed by atoms with E-state index in [1.54, 1.807) is 19.2 Å². The molecular formula is C26H21N5O2. The van der Waals surface area contributed by atoms with Crippen molar-refractivity contribution in [2.75, 3.05) is 11.9 Å². The van der Waals surface area contributed by atoms with Gasteiger partial charge in [-0.15, -0.1) is 0 Å². The van der Waals surface area contributed by atoms with Gasteiger partial charge in [-0.1, -0.05) is 30.3 Å². The summed E-state index contributed by atoms with van der Waals surface area (Å²) in [5.74, 6) is 0.934. The van der Waals surface area contributed by atoms with Gasteiger partial charge in [0.2, 0.25) is 0 Å². The van der Waals surface area contributed by atoms with Crippen molar-refractivity contribution in [3.8, 4) is 11.4 Å². The van der Waals surface area contributed by atoms with Crippen LogP contribution in [0.1, 0.15) is 12.5 Å². The average molecular weight is 435 g/mol. The lowest BCUT2D eigenvalue weighted by molar-refractivity contribution is -0.137. The van der Waals surface area contributed by atoms with Gasteiger partial charge < -0.3 is 10.1 Å². The summed E-state index contributed by atoms with van der Waals surface area (Å²) in [4.78, 5) is 21.3. The number of aromatic amines is 1. The summed E-state index contributed by atoms with van der Waals surface area (Å²) >= 11 is 0. The lowest BCUT2D eigenvalue weighted by Gasteiger charge is -2.11. The van der Waals surface area contributed by atoms with Crippen molar-refractivity contribution in [1.29, 1.82) is 0 Å². The number of hydrogen-bond acceptors (Lipinski definition) is 6. The van der Waals surface area contributed by atoms with Gasteiger partial charge in [-0.3, -0.25) is 5.10 Å². The number of nitrogens with one attached hydrogen (secondary N) is 2. The number of H-pyrrole nitrogens is 1. The summed E-state index contributed by atoms with van der Waals surface area (Å²) in [6.07, 6.45) is 4.93. The third-order valence-electron chi connectivity index (χ3n) is 5.15. The molecule has 7 heteroatoms. The Morgan fingerprint density at radius 3 is 2.88 bits per heavy atom. The predicted molar refractivity (Wildman–Crippen MR) is 130 cm³/mol. The van der Waals surface area contributed by atoms with Crippen LogP contribution in [-0.4, -0.2) is 32.7 Å². The number of fused-ring (bicyclic) bond motifs is 2. The molecule has 0 atom stereocenters. The molecule has 162 valence electrons. The van der Waals surface area contributed by atoms with Crippen LogP contribution in [0.15, 0.2) is 79.0 Å². The quantitative estimate of drug-likeness (QED) is 0.270. The third-order valence-corrected chi connectivity index (χ3v) is 5.15. The number of hydrogen-bond donors (Lipinski definition) is 2. The molecule has 7 nitrogen and oxygen atoms in total. The number of para-hydroxylation sites is 1. The van der Waals surface area contributed by atoms with Gasteiger partial charge in [0.25, 0.3) is 0 Å². The summed E-state index contributed by atoms with van der Waals surface area (Å²) in [7, 11) is 0. The second-order valence-corrected chi connectivity index (χ2v) is 7.42. The molecule has 0 bridgehead atoms. The standard InChI is InChI=1S/C26H21N5O2/c1-2-33-24(32)13-10-17-6-5-7-18(14-17)25-29-23-9-4-3-8-21(23)26(30-25)28-20-11-12-22-19(15-20)16-27-31-22/h3-16H,2H2,1H3,(H,27,31)(H,28,29,30)/b13-10+. The zero-order chi connectivity index (χ0) is 22.6. The monoisotopic (exact) mass is 435 g/mol. The summed E-state index contributed by atoms with van der Waals surface area (Å²) in [6.45, 7) is 2.12. The topological polar surface area (TPSA) is 92.8 Å². The molecule has 0 spiro atoms. The van der Waals surface area contributed by atoms with E-state index in [1.807, 2.05) is 66.7 Å². The number of carbonyl (C=O) groups excluding carboxylic acids is 1. The number of carbonyl (C=O) groups is 1. The smallest absolute Gasteiger partial charge is 0.330 e. The molecule has 5 aromatic rings. The fraction of sp³-hybridized carbons (Fsp3) is 0.0769. The van der Waals surface area contributed by atoms with E-state index >= 15 is 0 Å². The molecule has 0 aliphatic rings. The van der Waals surface area contributed by atoms with E-state index in [9.17, 15) is 4.79 Å². The van der Waals surface area contributed by atoms with E-state index in [0.29, 0.717) is 18.2 Å². The van der Waals surface area contributed by atoms with E-state index in [1.165, 1.54) is 6.08 Å². The summed E-state index contributed by atoms with van der Waals surface area (Å²) in [6, 6.07) is 21.6. The van der Waals surface area contributed by atoms with Gasteiger partial charge in [-0.05, 0) is 55.0 Å². The molecule has 0 amide bonds. The highest BCUT2D eigenvalue weighted by Crippen LogP contribution is 2.28. The second kappa shape index (κ2) is 8.92. The first-order valence-electron chi connectivity index (χ1n) is 10.6. The van der Waals surface area contributed by atoms with Crippen molar-refractivity contribution in [2.45, 2.75) is 6.92 Å². The third kappa shape index (κ3) is 4.43. The average Bonchev–Trinajstić information content (AvgIpc) is 3.31. The summed E-state index contributed by atoms with van der Waals surface area (Å²) in [5.41, 5.74) is 4.42. The van der Waals surface area contributed by atoms with E-state index in [-0.39, 0.29) is 5.97 Å². The molecule has 0 aliphatic heterocycles. The van der Waals surface area contributed by atoms with E-state index in [4.69, 9.17) is 14.7 Å². The van der Waals surface area contributed by atoms with Crippen LogP contribution < -0.4 is 5.32 Å². The lowest BCUT2D eigenvalue weighted by atomic mass is 10.1. The van der Waals surface area contributed by atoms with Crippen LogP contribution in [0.2, 0.25) is 0 Å². The van der Waals surface area contributed by atoms with Crippen molar-refractivity contribution >= 4 is 45.4 Å². The van der Waals surface area contributed by atoms with Gasteiger partial charge in [-0.2, -0.15) is 5.10 Å². The highest BCUT2D eigenvalue weighted by molar-refractivity contribution is 5.93. The van der Waals surface area contributed by atoms with Gasteiger partial charge in [0.15, 0.2) is 5.82 Å². The van der Waals surface area contributed by atoms with Gasteiger partial charge in [0.05, 0.1) is 23.8 Å². The van der Waals surface area contributed by atoms with Crippen LogP contribution in [0.4, 0.5) is 11.5 Å². The van der Waals surface area contributed by atoms with E-state index < -0.39 is 0 Å². The largest absolute Gasteiger partial charge is 0.463 e. The number of aromatic nitrogens is 4. The fourth-order valence-electron chi connectivity index (χ4n) is 3.59. The van der Waals surface area contributed by atoms with Crippen LogP contribution in [-0.2, 0) is 9.53 Å². The van der Waals surface area contributed by atoms with Gasteiger partial charge in [-0.25, -0.2) is 14.8 Å². The van der Waals surface area contributed by atoms with Crippen molar-refractivity contribution in [3.05, 3.63) is 84.6 Å². The molecule has 0 aliphatic carbocycles. The second-order valence-electron chi connectivity index (χ2n) is 7.42. The first-order chi connectivity index (χ1) is 16.2. The minimum absolute atomic E-state index is 0.345. The van der Waals surface area contributed by atoms with E-state index in [0.717, 1.165) is 38.6 Å². The SMILES string of the molecule is CCOC(=O)/C=C/c1cccc(-c2nc(Nc3ccc4[nH]ncc4c3)c3ccccc3n2)c1. The van der Waals surface area contributed by atoms with Gasteiger partial charge in [0.1, 0.15) is 5.82 Å². The maximum Gasteiger partial charge on any atom is 0.330 e. The first-order valence-corrected chi connectivity index (χ1v) is 10.6. The maximum absolute atomic E-state index is 11.7. The Kier molecular flexibility index (Phi) is 5.51. The molecule has 0 unspecified atom stereocenters. The Morgan fingerprint density at radius 1 is 1.06 bits per heavy atom. The Hall–Kier alpha value is -4.52. The molecule has 0 radical (unpaired) electrons. The van der Waals surface area contributed by atoms with Gasteiger partial charge in [0, 0.05) is 28.1 Å². The number of rotatable bonds is 6. The van der Waals surface area contributed by atoms with Crippen molar-refractivity contribution < 1.29 is 9.53 Å². The van der Waals surface area contributed by atoms with Gasteiger partial charge >= 0.3 is 5.97 Å². The van der Waals surface area contributed by atoms with Crippen LogP contribution in [0.3, 0.4) is 0 Å². The number of anilines is 2. The molecule has 0 saturated heterocycles. The first kappa shape index (κ1) is 20.4. The highest BCUT2D eigenvalue weighted by atomic mass is 16.5. The molecule has 2 aromatic heterocycles. The van der Waals surface area contributed by atoms with E-state index in [2.05, 4.69) is 15.5 Å². The zero-order valence-corrected chi connectivity index (χ0v) is 17.9. The Balaban J connectivity index is 1.53. The minimum Gasteiger partial charge on any atom is -0.463 e. The van der Waals surface area contributed by atoms with Crippen molar-refractivity contribution in [3.63, 3.8) is 0 Å². The zero-order valence-electron chi connectivity index (χ0n) is 17.9. The Bertz CT molecular complexity index is 1490. The molecule has 5 rings (SSSR count). The molecule has 0 saturated carbocycles. The lowest BCUT2D eigenvalue weighted by Crippen LogP contribution is -2.00. The molecule has 0 fully saturated rings. The van der Waals surface area contributed by atoms with Crippen molar-refractivity contribution in [2.24, 2.45) is 0 Å². The molecule has 2 heterocycles. The Labute approximate surface area is 190 Å². The van der Waals surface area contributed by atoms with Crippen LogP contribution in [0.25, 0.3) is 39.3 Å². The molecule has 3 aromatic carbocycles. The Morgan fingerprint density at radius 2 is 1.97 bits per heavy atom. The predicted octanol–water partition coefficient (Wildman–Crippen LogP) is 5.49. The number of nitrogens with zero attached hydrogens (tertiary/aromatic N) is 3. The summed E-state index contributed by atoms with van der Waals surface area (Å²) in [5, 5.41) is 12.4. The van der Waals surface area contributed by atoms with Crippen LogP contribution in [0.5, 0.6) is 0 Å². The summed E-state index contributed by atoms with van der Waals surface area (Å²) < 4.78 is 4.96. The fourth-order valence-corrected chi connectivity index (χ4v) is 3.59. The number of esters is 1. The highest BCUT2D eigenvalue weighted by Gasteiger charge is 2.11. The number of benzene rings is 3. The molecule has 33 heavy (non-hydrogen) atoms. The van der Waals surface area contributed by atoms with Crippen LogP contribution in [0, 0.1) is 0 Å². The number of ether oxygens (including phenoxy) is 1. The normalized spacial score (nSPS) is 11.3. The minimum atomic E-state index is -0.370. The molecular weight excluding hydrogens is 414 g/mol. The maximum atomic E-state index is 11.7. The van der Waals surface area contributed by atoms with Crippen molar-refractivity contribution in [1.82, 2.24) is 20.2 Å².